The normalized spacial score (nSPS) is 10.9. The van der Waals surface area contributed by atoms with Crippen LogP contribution in [-0.4, -0.2) is 17.9 Å². The average Bonchev–Trinajstić information content (AvgIpc) is 2.93. The zero-order valence-electron chi connectivity index (χ0n) is 12.4. The fourth-order valence-electron chi connectivity index (χ4n) is 2.65. The van der Waals surface area contributed by atoms with Crippen LogP contribution in [0.15, 0.2) is 36.4 Å². The lowest BCUT2D eigenvalue weighted by Crippen LogP contribution is -1.91. The summed E-state index contributed by atoms with van der Waals surface area (Å²) < 4.78 is 19.5. The first-order chi connectivity index (χ1) is 10.7. The van der Waals surface area contributed by atoms with Gasteiger partial charge in [-0.15, -0.1) is 0 Å². The van der Waals surface area contributed by atoms with Crippen molar-refractivity contribution in [3.8, 4) is 17.0 Å². The first-order valence-corrected chi connectivity index (χ1v) is 7.15. The van der Waals surface area contributed by atoms with Gasteiger partial charge in [-0.3, -0.25) is 4.79 Å². The van der Waals surface area contributed by atoms with E-state index in [9.17, 15) is 9.18 Å². The molecule has 0 atom stereocenters. The van der Waals surface area contributed by atoms with E-state index in [1.165, 1.54) is 6.07 Å². The highest BCUT2D eigenvalue weighted by atomic mass is 19.1. The summed E-state index contributed by atoms with van der Waals surface area (Å²) in [6, 6.07) is 10.5. The number of carbonyl (C=O) groups excluding carboxylic acids is 1. The summed E-state index contributed by atoms with van der Waals surface area (Å²) in [5, 5.41) is 0.346. The number of hydrogen-bond donors (Lipinski definition) is 1. The van der Waals surface area contributed by atoms with Crippen LogP contribution >= 0.6 is 0 Å². The Balaban J connectivity index is 2.20. The molecule has 4 heteroatoms. The lowest BCUT2D eigenvalue weighted by Gasteiger charge is -2.04. The van der Waals surface area contributed by atoms with Crippen molar-refractivity contribution in [2.45, 2.75) is 13.8 Å². The molecule has 3 rings (SSSR count). The van der Waals surface area contributed by atoms with Crippen LogP contribution in [0.5, 0.6) is 5.75 Å². The molecular weight excluding hydrogens is 281 g/mol. The molecule has 1 heterocycles. The highest BCUT2D eigenvalue weighted by Crippen LogP contribution is 2.33. The Hall–Kier alpha value is -2.62. The first kappa shape index (κ1) is 14.3. The van der Waals surface area contributed by atoms with Gasteiger partial charge in [0.15, 0.2) is 6.29 Å². The molecule has 0 aliphatic heterocycles. The topological polar surface area (TPSA) is 42.1 Å². The molecule has 22 heavy (non-hydrogen) atoms. The highest BCUT2D eigenvalue weighted by Gasteiger charge is 2.17. The molecule has 1 aromatic heterocycles. The Labute approximate surface area is 127 Å². The quantitative estimate of drug-likeness (QED) is 0.721. The molecule has 0 amide bonds. The second-order valence-electron chi connectivity index (χ2n) is 5.10. The van der Waals surface area contributed by atoms with Crippen LogP contribution in [0.25, 0.3) is 22.2 Å². The number of fused-ring (bicyclic) bond motifs is 1. The third kappa shape index (κ3) is 2.26. The van der Waals surface area contributed by atoms with Crippen molar-refractivity contribution in [1.82, 2.24) is 4.98 Å². The Bertz CT molecular complexity index is 834. The van der Waals surface area contributed by atoms with Crippen LogP contribution in [-0.2, 0) is 0 Å². The van der Waals surface area contributed by atoms with E-state index in [2.05, 4.69) is 4.98 Å². The van der Waals surface area contributed by atoms with Gasteiger partial charge in [0.1, 0.15) is 11.6 Å². The highest BCUT2D eigenvalue weighted by molar-refractivity contribution is 6.05. The molecule has 1 N–H and O–H groups in total. The number of hydrogen-bond acceptors (Lipinski definition) is 2. The molecule has 3 aromatic rings. The fraction of sp³-hybridized carbons (Fsp3) is 0.167. The monoisotopic (exact) mass is 297 g/mol. The van der Waals surface area contributed by atoms with Gasteiger partial charge in [0.05, 0.1) is 23.4 Å². The van der Waals surface area contributed by atoms with E-state index in [1.807, 2.05) is 38.1 Å². The van der Waals surface area contributed by atoms with Crippen LogP contribution in [0, 0.1) is 12.7 Å². The van der Waals surface area contributed by atoms with Gasteiger partial charge in [-0.25, -0.2) is 4.39 Å². The number of benzene rings is 2. The smallest absolute Gasteiger partial charge is 0.152 e. The molecule has 0 bridgehead atoms. The number of halogens is 1. The third-order valence-electron chi connectivity index (χ3n) is 3.72. The molecule has 0 aliphatic carbocycles. The van der Waals surface area contributed by atoms with E-state index >= 15 is 0 Å². The van der Waals surface area contributed by atoms with Gasteiger partial charge in [0.2, 0.25) is 0 Å². The molecule has 0 fully saturated rings. The van der Waals surface area contributed by atoms with Crippen molar-refractivity contribution in [3.05, 3.63) is 53.3 Å². The number of aryl methyl sites for hydroxylation is 1. The number of H-pyrrole nitrogens is 1. The summed E-state index contributed by atoms with van der Waals surface area (Å²) in [4.78, 5) is 14.7. The Kier molecular flexibility index (Phi) is 3.67. The summed E-state index contributed by atoms with van der Waals surface area (Å²) >= 11 is 0. The van der Waals surface area contributed by atoms with E-state index in [0.29, 0.717) is 35.1 Å². The minimum Gasteiger partial charge on any atom is -0.494 e. The van der Waals surface area contributed by atoms with Gasteiger partial charge in [-0.1, -0.05) is 6.07 Å². The molecular formula is C18H16FNO2. The summed E-state index contributed by atoms with van der Waals surface area (Å²) in [5.41, 5.74) is 3.35. The third-order valence-corrected chi connectivity index (χ3v) is 3.72. The van der Waals surface area contributed by atoms with Crippen LogP contribution in [0.3, 0.4) is 0 Å². The van der Waals surface area contributed by atoms with Crippen LogP contribution < -0.4 is 4.74 Å². The average molecular weight is 297 g/mol. The number of nitrogens with one attached hydrogen (secondary N) is 1. The number of carbonyl (C=O) groups is 1. The molecule has 0 saturated carbocycles. The summed E-state index contributed by atoms with van der Waals surface area (Å²) in [5.74, 6) is 0.369. The van der Waals surface area contributed by atoms with Crippen LogP contribution in [0.1, 0.15) is 22.8 Å². The van der Waals surface area contributed by atoms with Gasteiger partial charge in [-0.05, 0) is 55.3 Å². The number of aromatic nitrogens is 1. The molecule has 0 saturated heterocycles. The number of aldehydes is 1. The largest absolute Gasteiger partial charge is 0.494 e. The Morgan fingerprint density at radius 1 is 1.18 bits per heavy atom. The van der Waals surface area contributed by atoms with Gasteiger partial charge < -0.3 is 9.72 Å². The molecule has 0 radical (unpaired) electrons. The lowest BCUT2D eigenvalue weighted by molar-refractivity contribution is 0.112. The lowest BCUT2D eigenvalue weighted by atomic mass is 10.0. The number of rotatable bonds is 4. The summed E-state index contributed by atoms with van der Waals surface area (Å²) in [6.07, 6.45) is 0.702. The van der Waals surface area contributed by atoms with Gasteiger partial charge in [0.25, 0.3) is 0 Å². The Morgan fingerprint density at radius 2 is 1.91 bits per heavy atom. The predicted molar refractivity (Wildman–Crippen MR) is 85.0 cm³/mol. The SMILES string of the molecule is CCOc1ccc(-c2[nH]c3c(C)ccc(F)c3c2C=O)cc1. The number of ether oxygens (including phenoxy) is 1. The second kappa shape index (κ2) is 5.64. The molecule has 0 spiro atoms. The van der Waals surface area contributed by atoms with Crippen LogP contribution in [0.4, 0.5) is 4.39 Å². The second-order valence-corrected chi connectivity index (χ2v) is 5.10. The molecule has 0 aliphatic rings. The maximum absolute atomic E-state index is 14.1. The van der Waals surface area contributed by atoms with E-state index in [-0.39, 0.29) is 0 Å². The van der Waals surface area contributed by atoms with Crippen molar-refractivity contribution in [3.63, 3.8) is 0 Å². The molecule has 0 unspecified atom stereocenters. The molecule has 3 nitrogen and oxygen atoms in total. The van der Waals surface area contributed by atoms with Gasteiger partial charge >= 0.3 is 0 Å². The van der Waals surface area contributed by atoms with Crippen molar-refractivity contribution in [1.29, 1.82) is 0 Å². The predicted octanol–water partition coefficient (Wildman–Crippen LogP) is 4.49. The summed E-state index contributed by atoms with van der Waals surface area (Å²) in [7, 11) is 0. The van der Waals surface area contributed by atoms with E-state index in [0.717, 1.165) is 16.9 Å². The van der Waals surface area contributed by atoms with Crippen LogP contribution in [0.2, 0.25) is 0 Å². The molecule has 112 valence electrons. The van der Waals surface area contributed by atoms with E-state index < -0.39 is 5.82 Å². The maximum Gasteiger partial charge on any atom is 0.152 e. The summed E-state index contributed by atoms with van der Waals surface area (Å²) in [6.45, 7) is 4.40. The minimum absolute atomic E-state index is 0.346. The Morgan fingerprint density at radius 3 is 2.55 bits per heavy atom. The number of aromatic amines is 1. The van der Waals surface area contributed by atoms with Crippen molar-refractivity contribution >= 4 is 17.2 Å². The van der Waals surface area contributed by atoms with Crippen molar-refractivity contribution in [2.75, 3.05) is 6.61 Å². The zero-order chi connectivity index (χ0) is 15.7. The minimum atomic E-state index is -0.392. The first-order valence-electron chi connectivity index (χ1n) is 7.15. The fourth-order valence-corrected chi connectivity index (χ4v) is 2.65. The van der Waals surface area contributed by atoms with Gasteiger partial charge in [0, 0.05) is 5.39 Å². The molecule has 2 aromatic carbocycles. The van der Waals surface area contributed by atoms with Crippen molar-refractivity contribution in [2.24, 2.45) is 0 Å². The van der Waals surface area contributed by atoms with E-state index in [4.69, 9.17) is 4.74 Å². The van der Waals surface area contributed by atoms with Crippen molar-refractivity contribution < 1.29 is 13.9 Å². The standard InChI is InChI=1S/C18H16FNO2/c1-3-22-13-7-5-12(6-8-13)18-14(10-21)16-15(19)9-4-11(2)17(16)20-18/h4-10,20H,3H2,1-2H3. The maximum atomic E-state index is 14.1. The van der Waals surface area contributed by atoms with Gasteiger partial charge in [-0.2, -0.15) is 0 Å². The van der Waals surface area contributed by atoms with E-state index in [1.54, 1.807) is 6.07 Å². The zero-order valence-corrected chi connectivity index (χ0v) is 12.4.